The molecule has 0 aromatic carbocycles. The highest BCUT2D eigenvalue weighted by atomic mass is 16.6. The van der Waals surface area contributed by atoms with Crippen LogP contribution in [0.3, 0.4) is 0 Å². The average molecular weight is 359 g/mol. The Morgan fingerprint density at radius 3 is 2.32 bits per heavy atom. The summed E-state index contributed by atoms with van der Waals surface area (Å²) in [6.07, 6.45) is 13.8. The third-order valence-corrected chi connectivity index (χ3v) is 4.71. The molecule has 0 radical (unpaired) electrons. The van der Waals surface area contributed by atoms with Crippen molar-refractivity contribution in [3.8, 4) is 0 Å². The highest BCUT2D eigenvalue weighted by molar-refractivity contribution is 4.89. The van der Waals surface area contributed by atoms with Gasteiger partial charge in [-0.1, -0.05) is 57.6 Å². The summed E-state index contributed by atoms with van der Waals surface area (Å²) in [5.41, 5.74) is 0. The topological polar surface area (TPSA) is 79.2 Å². The van der Waals surface area contributed by atoms with E-state index in [0.29, 0.717) is 6.61 Å². The molecule has 148 valence electrons. The molecule has 0 saturated carbocycles. The van der Waals surface area contributed by atoms with Gasteiger partial charge in [-0.25, -0.2) is 0 Å². The number of unbranched alkanes of at least 4 members (excludes halogenated alkanes) is 8. The van der Waals surface area contributed by atoms with Crippen LogP contribution in [0.2, 0.25) is 0 Å². The second kappa shape index (κ2) is 14.7. The van der Waals surface area contributed by atoms with Crippen molar-refractivity contribution >= 4 is 0 Å². The van der Waals surface area contributed by atoms with Crippen LogP contribution in [0, 0.1) is 0 Å². The highest BCUT2D eigenvalue weighted by Gasteiger charge is 2.40. The molecule has 1 heterocycles. The van der Waals surface area contributed by atoms with Crippen molar-refractivity contribution in [3.63, 3.8) is 0 Å². The highest BCUT2D eigenvalue weighted by Crippen LogP contribution is 2.21. The predicted molar refractivity (Wildman–Crippen MR) is 99.6 cm³/mol. The van der Waals surface area contributed by atoms with E-state index in [1.165, 1.54) is 44.9 Å². The fourth-order valence-electron chi connectivity index (χ4n) is 3.19. The van der Waals surface area contributed by atoms with E-state index in [9.17, 15) is 10.2 Å². The Bertz CT molecular complexity index is 334. The molecule has 3 N–H and O–H groups in total. The van der Waals surface area contributed by atoms with Crippen molar-refractivity contribution in [2.24, 2.45) is 0 Å². The number of allylic oxidation sites excluding steroid dienone is 2. The summed E-state index contributed by atoms with van der Waals surface area (Å²) in [5, 5.41) is 28.5. The SMILES string of the molecule is CC/C=C/CCCCCCCCCCO[C@@H]1[C@H]([C@@H](O)CO)OC[C@H]1O. The first-order valence-corrected chi connectivity index (χ1v) is 10.1. The lowest BCUT2D eigenvalue weighted by molar-refractivity contribution is -0.0938. The maximum Gasteiger partial charge on any atom is 0.114 e. The third-order valence-electron chi connectivity index (χ3n) is 4.71. The molecule has 4 atom stereocenters. The van der Waals surface area contributed by atoms with Gasteiger partial charge in [-0.2, -0.15) is 0 Å². The second-order valence-electron chi connectivity index (χ2n) is 6.95. The standard InChI is InChI=1S/C20H38O5/c1-2-3-4-5-6-7-8-9-10-11-12-13-14-24-20-18(23)16-25-19(20)17(22)15-21/h3-4,17-23H,2,5-16H2,1H3/b4-3+/t17-,18+,19-,20-/m0/s1. The molecule has 1 fully saturated rings. The molecule has 1 saturated heterocycles. The van der Waals surface area contributed by atoms with Crippen LogP contribution in [0.4, 0.5) is 0 Å². The van der Waals surface area contributed by atoms with Crippen LogP contribution in [0.1, 0.15) is 71.1 Å². The monoisotopic (exact) mass is 358 g/mol. The van der Waals surface area contributed by atoms with E-state index in [1.807, 2.05) is 0 Å². The van der Waals surface area contributed by atoms with Gasteiger partial charge in [-0.15, -0.1) is 0 Å². The minimum atomic E-state index is -1.00. The molecular weight excluding hydrogens is 320 g/mol. The van der Waals surface area contributed by atoms with Crippen LogP contribution in [0.15, 0.2) is 12.2 Å². The molecule has 0 aromatic rings. The molecule has 1 aliphatic heterocycles. The van der Waals surface area contributed by atoms with Crippen LogP contribution in [0.5, 0.6) is 0 Å². The van der Waals surface area contributed by atoms with Crippen molar-refractivity contribution in [2.45, 2.75) is 95.5 Å². The van der Waals surface area contributed by atoms with E-state index in [4.69, 9.17) is 14.6 Å². The van der Waals surface area contributed by atoms with Gasteiger partial charge in [0.15, 0.2) is 0 Å². The zero-order valence-corrected chi connectivity index (χ0v) is 15.8. The largest absolute Gasteiger partial charge is 0.394 e. The van der Waals surface area contributed by atoms with Crippen LogP contribution in [-0.4, -0.2) is 59.6 Å². The van der Waals surface area contributed by atoms with Gasteiger partial charge < -0.3 is 24.8 Å². The minimum Gasteiger partial charge on any atom is -0.394 e. The molecule has 0 spiro atoms. The van der Waals surface area contributed by atoms with Gasteiger partial charge in [0.2, 0.25) is 0 Å². The fourth-order valence-corrected chi connectivity index (χ4v) is 3.19. The Hall–Kier alpha value is -0.460. The molecule has 0 aliphatic carbocycles. The summed E-state index contributed by atoms with van der Waals surface area (Å²) in [5.74, 6) is 0. The maximum absolute atomic E-state index is 9.85. The Balaban J connectivity index is 1.93. The first-order valence-electron chi connectivity index (χ1n) is 10.1. The third kappa shape index (κ3) is 9.71. The molecule has 25 heavy (non-hydrogen) atoms. The summed E-state index contributed by atoms with van der Waals surface area (Å²) >= 11 is 0. The molecule has 5 nitrogen and oxygen atoms in total. The summed E-state index contributed by atoms with van der Waals surface area (Å²) in [6.45, 7) is 2.50. The average Bonchev–Trinajstić information content (AvgIpc) is 2.99. The summed E-state index contributed by atoms with van der Waals surface area (Å²) in [4.78, 5) is 0. The number of hydrogen-bond acceptors (Lipinski definition) is 5. The molecule has 0 aromatic heterocycles. The zero-order valence-electron chi connectivity index (χ0n) is 15.8. The van der Waals surface area contributed by atoms with Gasteiger partial charge >= 0.3 is 0 Å². The van der Waals surface area contributed by atoms with Gasteiger partial charge in [-0.3, -0.25) is 0 Å². The molecular formula is C20H38O5. The van der Waals surface area contributed by atoms with Crippen molar-refractivity contribution in [2.75, 3.05) is 19.8 Å². The smallest absolute Gasteiger partial charge is 0.114 e. The van der Waals surface area contributed by atoms with E-state index < -0.39 is 24.4 Å². The van der Waals surface area contributed by atoms with E-state index in [0.717, 1.165) is 19.3 Å². The first kappa shape index (κ1) is 22.6. The minimum absolute atomic E-state index is 0.153. The fraction of sp³-hybridized carbons (Fsp3) is 0.900. The summed E-state index contributed by atoms with van der Waals surface area (Å²) < 4.78 is 11.0. The van der Waals surface area contributed by atoms with Crippen LogP contribution in [-0.2, 0) is 9.47 Å². The van der Waals surface area contributed by atoms with Crippen molar-refractivity contribution < 1.29 is 24.8 Å². The Morgan fingerprint density at radius 1 is 1.04 bits per heavy atom. The second-order valence-corrected chi connectivity index (χ2v) is 6.95. The number of rotatable bonds is 15. The van der Waals surface area contributed by atoms with Gasteiger partial charge in [0.1, 0.15) is 24.4 Å². The summed E-state index contributed by atoms with van der Waals surface area (Å²) in [7, 11) is 0. The zero-order chi connectivity index (χ0) is 18.3. The predicted octanol–water partition coefficient (Wildman–Crippen LogP) is 2.96. The number of aliphatic hydroxyl groups is 3. The van der Waals surface area contributed by atoms with Crippen molar-refractivity contribution in [1.82, 2.24) is 0 Å². The number of ether oxygens (including phenoxy) is 2. The maximum atomic E-state index is 9.85. The quantitative estimate of drug-likeness (QED) is 0.310. The van der Waals surface area contributed by atoms with Crippen LogP contribution >= 0.6 is 0 Å². The molecule has 0 bridgehead atoms. The first-order chi connectivity index (χ1) is 12.2. The molecule has 1 rings (SSSR count). The molecule has 0 amide bonds. The van der Waals surface area contributed by atoms with E-state index in [-0.39, 0.29) is 13.2 Å². The van der Waals surface area contributed by atoms with Crippen molar-refractivity contribution in [3.05, 3.63) is 12.2 Å². The van der Waals surface area contributed by atoms with Gasteiger partial charge in [0.05, 0.1) is 13.2 Å². The van der Waals surface area contributed by atoms with Gasteiger partial charge in [0.25, 0.3) is 0 Å². The lowest BCUT2D eigenvalue weighted by atomic mass is 10.1. The number of aliphatic hydroxyl groups excluding tert-OH is 3. The Kier molecular flexibility index (Phi) is 13.3. The van der Waals surface area contributed by atoms with Crippen molar-refractivity contribution in [1.29, 1.82) is 0 Å². The van der Waals surface area contributed by atoms with Crippen LogP contribution in [0.25, 0.3) is 0 Å². The normalized spacial score (nSPS) is 25.0. The lowest BCUT2D eigenvalue weighted by Crippen LogP contribution is -2.42. The van der Waals surface area contributed by atoms with Gasteiger partial charge in [0, 0.05) is 6.61 Å². The lowest BCUT2D eigenvalue weighted by Gasteiger charge is -2.23. The van der Waals surface area contributed by atoms with E-state index in [1.54, 1.807) is 0 Å². The molecule has 5 heteroatoms. The summed E-state index contributed by atoms with van der Waals surface area (Å²) in [6, 6.07) is 0. The number of hydrogen-bond donors (Lipinski definition) is 3. The Morgan fingerprint density at radius 2 is 1.68 bits per heavy atom. The van der Waals surface area contributed by atoms with Crippen LogP contribution < -0.4 is 0 Å². The molecule has 1 aliphatic rings. The van der Waals surface area contributed by atoms with E-state index in [2.05, 4.69) is 19.1 Å². The van der Waals surface area contributed by atoms with E-state index >= 15 is 0 Å². The Labute approximate surface area is 153 Å². The molecule has 0 unspecified atom stereocenters. The van der Waals surface area contributed by atoms with Gasteiger partial charge in [-0.05, 0) is 25.7 Å².